The lowest BCUT2D eigenvalue weighted by molar-refractivity contribution is 0.503. The van der Waals surface area contributed by atoms with Gasteiger partial charge in [-0.05, 0) is 49.6 Å². The molecule has 1 rings (SSSR count). The second-order valence-electron chi connectivity index (χ2n) is 5.69. The van der Waals surface area contributed by atoms with Crippen LogP contribution in [-0.2, 0) is 6.54 Å². The van der Waals surface area contributed by atoms with E-state index in [0.717, 1.165) is 24.2 Å². The van der Waals surface area contributed by atoms with E-state index in [1.807, 2.05) is 7.05 Å². The van der Waals surface area contributed by atoms with Gasteiger partial charge in [-0.1, -0.05) is 20.8 Å². The normalized spacial score (nSPS) is 12.8. The van der Waals surface area contributed by atoms with Gasteiger partial charge in [0.1, 0.15) is 5.82 Å². The van der Waals surface area contributed by atoms with Crippen molar-refractivity contribution in [2.45, 2.75) is 46.7 Å². The Kier molecular flexibility index (Phi) is 6.29. The van der Waals surface area contributed by atoms with Crippen LogP contribution in [0.4, 0.5) is 10.1 Å². The Morgan fingerprint density at radius 3 is 2.47 bits per heavy atom. The number of halogens is 1. The third-order valence-corrected chi connectivity index (χ3v) is 3.40. The summed E-state index contributed by atoms with van der Waals surface area (Å²) in [7, 11) is 2.04. The zero-order valence-corrected chi connectivity index (χ0v) is 12.8. The first-order valence-corrected chi connectivity index (χ1v) is 7.17. The maximum Gasteiger partial charge on any atom is 0.125 e. The van der Waals surface area contributed by atoms with Gasteiger partial charge < -0.3 is 10.2 Å². The molecule has 0 aliphatic heterocycles. The fourth-order valence-corrected chi connectivity index (χ4v) is 2.30. The van der Waals surface area contributed by atoms with Crippen molar-refractivity contribution in [1.82, 2.24) is 5.32 Å². The van der Waals surface area contributed by atoms with Crippen LogP contribution in [0.3, 0.4) is 0 Å². The Morgan fingerprint density at radius 2 is 1.89 bits per heavy atom. The van der Waals surface area contributed by atoms with E-state index in [2.05, 4.69) is 44.0 Å². The molecule has 1 unspecified atom stereocenters. The molecule has 3 heteroatoms. The van der Waals surface area contributed by atoms with E-state index < -0.39 is 0 Å². The number of anilines is 1. The summed E-state index contributed by atoms with van der Waals surface area (Å²) in [6.07, 6.45) is 1.11. The number of hydrogen-bond donors (Lipinski definition) is 1. The minimum Gasteiger partial charge on any atom is -0.372 e. The Morgan fingerprint density at radius 1 is 1.21 bits per heavy atom. The number of hydrogen-bond acceptors (Lipinski definition) is 2. The molecule has 0 amide bonds. The highest BCUT2D eigenvalue weighted by Crippen LogP contribution is 2.22. The number of benzene rings is 1. The molecule has 1 aromatic carbocycles. The molecule has 0 aromatic heterocycles. The summed E-state index contributed by atoms with van der Waals surface area (Å²) in [4.78, 5) is 2.17. The lowest BCUT2D eigenvalue weighted by Crippen LogP contribution is -2.30. The van der Waals surface area contributed by atoms with Gasteiger partial charge in [0, 0.05) is 25.3 Å². The summed E-state index contributed by atoms with van der Waals surface area (Å²) in [5, 5.41) is 3.23. The summed E-state index contributed by atoms with van der Waals surface area (Å²) in [5.41, 5.74) is 1.96. The summed E-state index contributed by atoms with van der Waals surface area (Å²) < 4.78 is 13.7. The lowest BCUT2D eigenvalue weighted by atomic mass is 10.0. The third-order valence-electron chi connectivity index (χ3n) is 3.40. The van der Waals surface area contributed by atoms with Crippen LogP contribution in [-0.4, -0.2) is 19.6 Å². The first kappa shape index (κ1) is 16.0. The molecule has 1 aromatic rings. The summed E-state index contributed by atoms with van der Waals surface area (Å²) >= 11 is 0. The van der Waals surface area contributed by atoms with Gasteiger partial charge in [-0.25, -0.2) is 4.39 Å². The van der Waals surface area contributed by atoms with Crippen molar-refractivity contribution in [2.75, 3.05) is 18.5 Å². The molecule has 0 spiro atoms. The van der Waals surface area contributed by atoms with Crippen LogP contribution in [0.25, 0.3) is 0 Å². The molecule has 0 saturated carbocycles. The van der Waals surface area contributed by atoms with Crippen molar-refractivity contribution in [3.8, 4) is 0 Å². The topological polar surface area (TPSA) is 15.3 Å². The lowest BCUT2D eigenvalue weighted by Gasteiger charge is -2.29. The first-order chi connectivity index (χ1) is 8.93. The standard InChI is InChI=1S/C16H27FN2/c1-6-18-11-14-8-15(17)10-16(9-14)19(5)13(4)7-12(2)3/h8-10,12-13,18H,6-7,11H2,1-5H3. The highest BCUT2D eigenvalue weighted by atomic mass is 19.1. The van der Waals surface area contributed by atoms with Gasteiger partial charge >= 0.3 is 0 Å². The number of nitrogens with zero attached hydrogens (tertiary/aromatic N) is 1. The minimum atomic E-state index is -0.158. The average molecular weight is 266 g/mol. The van der Waals surface area contributed by atoms with E-state index in [9.17, 15) is 4.39 Å². The highest BCUT2D eigenvalue weighted by Gasteiger charge is 2.13. The number of nitrogens with one attached hydrogen (secondary N) is 1. The molecule has 2 nitrogen and oxygen atoms in total. The molecule has 0 aliphatic carbocycles. The van der Waals surface area contributed by atoms with E-state index in [4.69, 9.17) is 0 Å². The molecule has 0 saturated heterocycles. The molecule has 1 atom stereocenters. The van der Waals surface area contributed by atoms with E-state index in [-0.39, 0.29) is 5.82 Å². The Hall–Kier alpha value is -1.09. The van der Waals surface area contributed by atoms with Crippen molar-refractivity contribution in [1.29, 1.82) is 0 Å². The van der Waals surface area contributed by atoms with Crippen LogP contribution in [0.1, 0.15) is 39.7 Å². The molecule has 0 bridgehead atoms. The Labute approximate surface area is 117 Å². The van der Waals surface area contributed by atoms with Crippen LogP contribution in [0.5, 0.6) is 0 Å². The van der Waals surface area contributed by atoms with Crippen LogP contribution in [0.2, 0.25) is 0 Å². The average Bonchev–Trinajstić information content (AvgIpc) is 2.33. The van der Waals surface area contributed by atoms with Crippen molar-refractivity contribution in [3.63, 3.8) is 0 Å². The van der Waals surface area contributed by atoms with Gasteiger partial charge in [0.2, 0.25) is 0 Å². The fraction of sp³-hybridized carbons (Fsp3) is 0.625. The Balaban J connectivity index is 2.83. The molecule has 0 aliphatic rings. The minimum absolute atomic E-state index is 0.158. The zero-order valence-electron chi connectivity index (χ0n) is 12.8. The SMILES string of the molecule is CCNCc1cc(F)cc(N(C)C(C)CC(C)C)c1. The molecule has 0 fully saturated rings. The van der Waals surface area contributed by atoms with Crippen LogP contribution in [0.15, 0.2) is 18.2 Å². The smallest absolute Gasteiger partial charge is 0.125 e. The molecular weight excluding hydrogens is 239 g/mol. The fourth-order valence-electron chi connectivity index (χ4n) is 2.30. The molecule has 19 heavy (non-hydrogen) atoms. The van der Waals surface area contributed by atoms with Crippen molar-refractivity contribution in [2.24, 2.45) is 5.92 Å². The van der Waals surface area contributed by atoms with Gasteiger partial charge in [-0.2, -0.15) is 0 Å². The predicted octanol–water partition coefficient (Wildman–Crippen LogP) is 3.81. The van der Waals surface area contributed by atoms with Crippen LogP contribution in [0, 0.1) is 11.7 Å². The largest absolute Gasteiger partial charge is 0.372 e. The van der Waals surface area contributed by atoms with Crippen molar-refractivity contribution >= 4 is 5.69 Å². The van der Waals surface area contributed by atoms with Gasteiger partial charge in [0.15, 0.2) is 0 Å². The second kappa shape index (κ2) is 7.49. The van der Waals surface area contributed by atoms with E-state index >= 15 is 0 Å². The molecule has 0 heterocycles. The third kappa shape index (κ3) is 5.19. The van der Waals surface area contributed by atoms with Gasteiger partial charge in [0.05, 0.1) is 0 Å². The van der Waals surface area contributed by atoms with Gasteiger partial charge in [-0.15, -0.1) is 0 Å². The maximum absolute atomic E-state index is 13.7. The summed E-state index contributed by atoms with van der Waals surface area (Å²) in [6, 6.07) is 5.70. The first-order valence-electron chi connectivity index (χ1n) is 7.17. The predicted molar refractivity (Wildman–Crippen MR) is 81.1 cm³/mol. The highest BCUT2D eigenvalue weighted by molar-refractivity contribution is 5.49. The second-order valence-corrected chi connectivity index (χ2v) is 5.69. The molecule has 0 radical (unpaired) electrons. The summed E-state index contributed by atoms with van der Waals surface area (Å²) in [6.45, 7) is 10.3. The molecule has 1 N–H and O–H groups in total. The van der Waals surface area contributed by atoms with Crippen molar-refractivity contribution in [3.05, 3.63) is 29.6 Å². The van der Waals surface area contributed by atoms with E-state index in [1.165, 1.54) is 0 Å². The molecule has 108 valence electrons. The van der Waals surface area contributed by atoms with Crippen LogP contribution < -0.4 is 10.2 Å². The van der Waals surface area contributed by atoms with Gasteiger partial charge in [0.25, 0.3) is 0 Å². The van der Waals surface area contributed by atoms with E-state index in [1.54, 1.807) is 12.1 Å². The monoisotopic (exact) mass is 266 g/mol. The quantitative estimate of drug-likeness (QED) is 0.807. The Bertz CT molecular complexity index is 390. The number of rotatable bonds is 7. The van der Waals surface area contributed by atoms with Crippen molar-refractivity contribution < 1.29 is 4.39 Å². The van der Waals surface area contributed by atoms with E-state index in [0.29, 0.717) is 18.5 Å². The van der Waals surface area contributed by atoms with Crippen LogP contribution >= 0.6 is 0 Å². The molecular formula is C16H27FN2. The maximum atomic E-state index is 13.7. The van der Waals surface area contributed by atoms with Gasteiger partial charge in [-0.3, -0.25) is 0 Å². The zero-order chi connectivity index (χ0) is 14.4. The summed E-state index contributed by atoms with van der Waals surface area (Å²) in [5.74, 6) is 0.487.